The zero-order valence-electron chi connectivity index (χ0n) is 16.1. The van der Waals surface area contributed by atoms with E-state index in [0.717, 1.165) is 36.8 Å². The number of ether oxygens (including phenoxy) is 1. The van der Waals surface area contributed by atoms with E-state index >= 15 is 0 Å². The molecular formula is C21H28N2O4. The van der Waals surface area contributed by atoms with Crippen molar-refractivity contribution < 1.29 is 19.1 Å². The molecule has 6 heteroatoms. The van der Waals surface area contributed by atoms with E-state index < -0.39 is 11.9 Å². The topological polar surface area (TPSA) is 75.7 Å². The highest BCUT2D eigenvalue weighted by molar-refractivity contribution is 5.93. The molecule has 2 aliphatic rings. The number of carbonyl (C=O) groups is 3. The molecule has 0 unspecified atom stereocenters. The first kappa shape index (κ1) is 19.4. The third kappa shape index (κ3) is 5.08. The number of likely N-dealkylation sites (tertiary alicyclic amines) is 1. The van der Waals surface area contributed by atoms with Gasteiger partial charge in [-0.3, -0.25) is 14.4 Å². The summed E-state index contributed by atoms with van der Waals surface area (Å²) in [6.07, 6.45) is 5.73. The Morgan fingerprint density at radius 1 is 1.11 bits per heavy atom. The first-order chi connectivity index (χ1) is 12.9. The fourth-order valence-electron chi connectivity index (χ4n) is 4.13. The zero-order valence-corrected chi connectivity index (χ0v) is 16.1. The Morgan fingerprint density at radius 3 is 2.44 bits per heavy atom. The number of nitrogens with one attached hydrogen (secondary N) is 1. The molecule has 1 aromatic rings. The summed E-state index contributed by atoms with van der Waals surface area (Å²) in [5.41, 5.74) is 2.79. The second-order valence-corrected chi connectivity index (χ2v) is 7.77. The van der Waals surface area contributed by atoms with Crippen LogP contribution in [0.15, 0.2) is 18.2 Å². The summed E-state index contributed by atoms with van der Waals surface area (Å²) in [5, 5.41) is 2.75. The third-order valence-electron chi connectivity index (χ3n) is 5.36. The minimum absolute atomic E-state index is 0.0311. The van der Waals surface area contributed by atoms with Gasteiger partial charge in [-0.1, -0.05) is 25.3 Å². The van der Waals surface area contributed by atoms with Crippen LogP contribution in [0.2, 0.25) is 0 Å². The van der Waals surface area contributed by atoms with Crippen LogP contribution in [0.4, 0.5) is 5.69 Å². The number of aryl methyl sites for hydroxylation is 2. The maximum atomic E-state index is 12.3. The number of hydrogen-bond donors (Lipinski definition) is 1. The predicted molar refractivity (Wildman–Crippen MR) is 102 cm³/mol. The molecule has 1 N–H and O–H groups in total. The van der Waals surface area contributed by atoms with Crippen molar-refractivity contribution >= 4 is 23.5 Å². The summed E-state index contributed by atoms with van der Waals surface area (Å²) in [7, 11) is 0. The fraction of sp³-hybridized carbons (Fsp3) is 0.571. The van der Waals surface area contributed by atoms with Gasteiger partial charge in [0, 0.05) is 24.7 Å². The molecule has 1 heterocycles. The molecule has 6 nitrogen and oxygen atoms in total. The Kier molecular flexibility index (Phi) is 6.14. The molecule has 1 atom stereocenters. The Balaban J connectivity index is 1.47. The molecule has 1 saturated heterocycles. The van der Waals surface area contributed by atoms with E-state index in [4.69, 9.17) is 4.74 Å². The van der Waals surface area contributed by atoms with Crippen molar-refractivity contribution in [3.63, 3.8) is 0 Å². The number of nitrogens with zero attached hydrogens (tertiary/aromatic N) is 1. The molecule has 1 aliphatic carbocycles. The van der Waals surface area contributed by atoms with E-state index in [-0.39, 0.29) is 30.9 Å². The Hall–Kier alpha value is -2.37. The molecule has 2 fully saturated rings. The van der Waals surface area contributed by atoms with E-state index in [1.807, 2.05) is 36.9 Å². The van der Waals surface area contributed by atoms with Crippen molar-refractivity contribution in [1.29, 1.82) is 0 Å². The molecule has 3 rings (SSSR count). The molecule has 27 heavy (non-hydrogen) atoms. The lowest BCUT2D eigenvalue weighted by Crippen LogP contribution is -2.38. The monoisotopic (exact) mass is 372 g/mol. The van der Waals surface area contributed by atoms with E-state index in [1.54, 1.807) is 0 Å². The maximum absolute atomic E-state index is 12.3. The van der Waals surface area contributed by atoms with Crippen LogP contribution in [0.1, 0.15) is 49.7 Å². The number of carbonyl (C=O) groups excluding carboxylic acids is 3. The van der Waals surface area contributed by atoms with Crippen LogP contribution in [-0.4, -0.2) is 41.9 Å². The zero-order chi connectivity index (χ0) is 19.4. The number of hydrogen-bond acceptors (Lipinski definition) is 4. The van der Waals surface area contributed by atoms with Crippen molar-refractivity contribution in [3.05, 3.63) is 29.3 Å². The van der Waals surface area contributed by atoms with Gasteiger partial charge in [-0.05, 0) is 49.9 Å². The highest BCUT2D eigenvalue weighted by Crippen LogP contribution is 2.29. The molecule has 146 valence electrons. The van der Waals surface area contributed by atoms with E-state index in [1.165, 1.54) is 6.42 Å². The van der Waals surface area contributed by atoms with Gasteiger partial charge in [-0.15, -0.1) is 0 Å². The first-order valence-electron chi connectivity index (χ1n) is 9.76. The molecule has 1 aliphatic heterocycles. The average Bonchev–Trinajstić information content (AvgIpc) is 3.01. The SMILES string of the molecule is Cc1cc(C)cc(NC(=O)COC(=O)[C@H]2CC(=O)N(C3CCCCC3)C2)c1. The number of anilines is 1. The molecule has 0 radical (unpaired) electrons. The Morgan fingerprint density at radius 2 is 1.78 bits per heavy atom. The Labute approximate surface area is 160 Å². The average molecular weight is 372 g/mol. The molecule has 1 aromatic carbocycles. The van der Waals surface area contributed by atoms with Gasteiger partial charge in [0.25, 0.3) is 5.91 Å². The lowest BCUT2D eigenvalue weighted by molar-refractivity contribution is -0.151. The van der Waals surface area contributed by atoms with Crippen molar-refractivity contribution in [1.82, 2.24) is 4.90 Å². The van der Waals surface area contributed by atoms with Crippen LogP contribution >= 0.6 is 0 Å². The van der Waals surface area contributed by atoms with Crippen LogP contribution in [0.5, 0.6) is 0 Å². The second kappa shape index (κ2) is 8.55. The normalized spacial score (nSPS) is 20.6. The van der Waals surface area contributed by atoms with Gasteiger partial charge >= 0.3 is 5.97 Å². The highest BCUT2D eigenvalue weighted by atomic mass is 16.5. The van der Waals surface area contributed by atoms with E-state index in [2.05, 4.69) is 5.32 Å². The smallest absolute Gasteiger partial charge is 0.311 e. The van der Waals surface area contributed by atoms with Crippen LogP contribution in [0, 0.1) is 19.8 Å². The number of esters is 1. The van der Waals surface area contributed by atoms with Crippen LogP contribution in [0.25, 0.3) is 0 Å². The summed E-state index contributed by atoms with van der Waals surface area (Å²) in [6.45, 7) is 4.00. The van der Waals surface area contributed by atoms with Crippen LogP contribution < -0.4 is 5.32 Å². The predicted octanol–water partition coefficient (Wildman–Crippen LogP) is 2.97. The number of amides is 2. The van der Waals surface area contributed by atoms with Gasteiger partial charge < -0.3 is 15.0 Å². The third-order valence-corrected chi connectivity index (χ3v) is 5.36. The Bertz CT molecular complexity index is 705. The summed E-state index contributed by atoms with van der Waals surface area (Å²) >= 11 is 0. The minimum atomic E-state index is -0.464. The number of benzene rings is 1. The van der Waals surface area contributed by atoms with Gasteiger partial charge in [0.1, 0.15) is 0 Å². The second-order valence-electron chi connectivity index (χ2n) is 7.77. The number of rotatable bonds is 5. The van der Waals surface area contributed by atoms with Gasteiger partial charge in [-0.2, -0.15) is 0 Å². The van der Waals surface area contributed by atoms with Gasteiger partial charge in [0.15, 0.2) is 6.61 Å². The van der Waals surface area contributed by atoms with Crippen molar-refractivity contribution in [2.24, 2.45) is 5.92 Å². The quantitative estimate of drug-likeness (QED) is 0.806. The van der Waals surface area contributed by atoms with E-state index in [0.29, 0.717) is 12.2 Å². The molecular weight excluding hydrogens is 344 g/mol. The standard InChI is InChI=1S/C21H28N2O4/c1-14-8-15(2)10-17(9-14)22-19(24)13-27-21(26)16-11-20(25)23(12-16)18-6-4-3-5-7-18/h8-10,16,18H,3-7,11-13H2,1-2H3,(H,22,24)/t16-/m0/s1. The maximum Gasteiger partial charge on any atom is 0.311 e. The summed E-state index contributed by atoms with van der Waals surface area (Å²) < 4.78 is 5.17. The molecule has 1 saturated carbocycles. The first-order valence-corrected chi connectivity index (χ1v) is 9.76. The molecule has 0 spiro atoms. The van der Waals surface area contributed by atoms with Crippen molar-refractivity contribution in [2.45, 2.75) is 58.4 Å². The molecule has 0 bridgehead atoms. The summed E-state index contributed by atoms with van der Waals surface area (Å²) in [5.74, 6) is -1.27. The lowest BCUT2D eigenvalue weighted by atomic mass is 9.94. The van der Waals surface area contributed by atoms with Crippen molar-refractivity contribution in [3.8, 4) is 0 Å². The van der Waals surface area contributed by atoms with Crippen LogP contribution in [0.3, 0.4) is 0 Å². The van der Waals surface area contributed by atoms with E-state index in [9.17, 15) is 14.4 Å². The van der Waals surface area contributed by atoms with Gasteiger partial charge in [0.2, 0.25) is 5.91 Å². The summed E-state index contributed by atoms with van der Waals surface area (Å²) in [4.78, 5) is 38.5. The summed E-state index contributed by atoms with van der Waals surface area (Å²) in [6, 6.07) is 6.01. The minimum Gasteiger partial charge on any atom is -0.455 e. The molecule has 2 amide bonds. The fourth-order valence-corrected chi connectivity index (χ4v) is 4.13. The lowest BCUT2D eigenvalue weighted by Gasteiger charge is -2.31. The van der Waals surface area contributed by atoms with Gasteiger partial charge in [-0.25, -0.2) is 0 Å². The van der Waals surface area contributed by atoms with Gasteiger partial charge in [0.05, 0.1) is 5.92 Å². The highest BCUT2D eigenvalue weighted by Gasteiger charge is 2.39. The largest absolute Gasteiger partial charge is 0.455 e. The molecule has 0 aromatic heterocycles. The van der Waals surface area contributed by atoms with Crippen molar-refractivity contribution in [2.75, 3.05) is 18.5 Å². The van der Waals surface area contributed by atoms with Crippen LogP contribution in [-0.2, 0) is 19.1 Å².